The fourth-order valence-electron chi connectivity index (χ4n) is 1.66. The van der Waals surface area contributed by atoms with E-state index in [0.717, 1.165) is 10.0 Å². The van der Waals surface area contributed by atoms with Crippen molar-refractivity contribution >= 4 is 55.1 Å². The number of hydrogen-bond donors (Lipinski definition) is 1. The van der Waals surface area contributed by atoms with Crippen molar-refractivity contribution in [1.82, 2.24) is 0 Å². The predicted octanol–water partition coefficient (Wildman–Crippen LogP) is 5.63. The van der Waals surface area contributed by atoms with Gasteiger partial charge in [0.25, 0.3) is 0 Å². The molecule has 0 fully saturated rings. The Morgan fingerprint density at radius 3 is 2.45 bits per heavy atom. The minimum absolute atomic E-state index is 0.0925. The Hall–Kier alpha value is -1.28. The van der Waals surface area contributed by atoms with E-state index in [1.54, 1.807) is 42.5 Å². The van der Waals surface area contributed by atoms with Crippen LogP contribution in [0.3, 0.4) is 0 Å². The summed E-state index contributed by atoms with van der Waals surface area (Å²) in [6, 6.07) is 12.6. The molecule has 2 aromatic carbocycles. The molecule has 20 heavy (non-hydrogen) atoms. The zero-order valence-electron chi connectivity index (χ0n) is 10.1. The van der Waals surface area contributed by atoms with Gasteiger partial charge in [-0.2, -0.15) is 5.26 Å². The van der Waals surface area contributed by atoms with Gasteiger partial charge in [-0.15, -0.1) is 0 Å². The molecule has 0 radical (unpaired) electrons. The van der Waals surface area contributed by atoms with E-state index in [2.05, 4.69) is 37.9 Å². The molecule has 2 aromatic rings. The average molecular weight is 413 g/mol. The second kappa shape index (κ2) is 6.45. The summed E-state index contributed by atoms with van der Waals surface area (Å²) in [6.07, 6.45) is 1.63. The lowest BCUT2D eigenvalue weighted by molar-refractivity contribution is 0.470. The fraction of sp³-hybridized carbons (Fsp3) is 0. The van der Waals surface area contributed by atoms with Crippen LogP contribution in [0, 0.1) is 11.3 Å². The number of phenols is 1. The van der Waals surface area contributed by atoms with Crippen LogP contribution in [-0.2, 0) is 0 Å². The highest BCUT2D eigenvalue weighted by molar-refractivity contribution is 9.11. The third-order valence-corrected chi connectivity index (χ3v) is 3.95. The van der Waals surface area contributed by atoms with Gasteiger partial charge in [0.05, 0.1) is 16.1 Å². The van der Waals surface area contributed by atoms with Gasteiger partial charge in [0.2, 0.25) is 0 Å². The van der Waals surface area contributed by atoms with Crippen molar-refractivity contribution in [2.75, 3.05) is 0 Å². The molecule has 0 aliphatic heterocycles. The van der Waals surface area contributed by atoms with Crippen molar-refractivity contribution in [3.8, 4) is 11.8 Å². The van der Waals surface area contributed by atoms with Gasteiger partial charge in [-0.05, 0) is 51.8 Å². The molecule has 0 saturated heterocycles. The first-order valence-corrected chi connectivity index (χ1v) is 7.53. The van der Waals surface area contributed by atoms with Gasteiger partial charge in [0, 0.05) is 15.1 Å². The van der Waals surface area contributed by atoms with Crippen molar-refractivity contribution in [2.45, 2.75) is 0 Å². The number of rotatable bonds is 2. The minimum atomic E-state index is 0.0925. The van der Waals surface area contributed by atoms with Gasteiger partial charge >= 0.3 is 0 Å². The Labute approximate surface area is 138 Å². The summed E-state index contributed by atoms with van der Waals surface area (Å²) in [5, 5.41) is 19.9. The lowest BCUT2D eigenvalue weighted by atomic mass is 10.0. The largest absolute Gasteiger partial charge is 0.506 e. The van der Waals surface area contributed by atoms with Crippen LogP contribution in [0.4, 0.5) is 0 Å². The van der Waals surface area contributed by atoms with Gasteiger partial charge < -0.3 is 5.11 Å². The van der Waals surface area contributed by atoms with Crippen LogP contribution in [0.15, 0.2) is 45.3 Å². The van der Waals surface area contributed by atoms with Crippen LogP contribution in [0.1, 0.15) is 11.1 Å². The molecule has 0 heterocycles. The van der Waals surface area contributed by atoms with E-state index in [1.807, 2.05) is 0 Å². The number of phenolic OH excluding ortho intramolecular Hbond substituents is 1. The zero-order chi connectivity index (χ0) is 14.7. The molecule has 0 aliphatic carbocycles. The number of aromatic hydroxyl groups is 1. The second-order valence-corrected chi connectivity index (χ2v) is 6.21. The standard InChI is InChI=1S/C15H8Br2ClNO/c16-12-6-10(15(20)14(17)7-12)5-11(8-19)9-1-3-13(18)4-2-9/h1-7,20H/b11-5-. The summed E-state index contributed by atoms with van der Waals surface area (Å²) in [4.78, 5) is 0. The molecule has 5 heteroatoms. The first-order valence-electron chi connectivity index (χ1n) is 5.57. The van der Waals surface area contributed by atoms with Gasteiger partial charge in [-0.1, -0.05) is 39.7 Å². The Balaban J connectivity index is 2.52. The molecule has 0 bridgehead atoms. The summed E-state index contributed by atoms with van der Waals surface area (Å²) >= 11 is 12.5. The minimum Gasteiger partial charge on any atom is -0.506 e. The molecule has 0 unspecified atom stereocenters. The molecule has 2 rings (SSSR count). The molecular formula is C15H8Br2ClNO. The predicted molar refractivity (Wildman–Crippen MR) is 88.4 cm³/mol. The highest BCUT2D eigenvalue weighted by Crippen LogP contribution is 2.34. The van der Waals surface area contributed by atoms with Gasteiger partial charge in [0.1, 0.15) is 5.75 Å². The van der Waals surface area contributed by atoms with Crippen LogP contribution >= 0.6 is 43.5 Å². The molecule has 1 N–H and O–H groups in total. The number of halogens is 3. The maximum absolute atomic E-state index is 10.0. The number of hydrogen-bond acceptors (Lipinski definition) is 2. The van der Waals surface area contributed by atoms with Crippen molar-refractivity contribution < 1.29 is 5.11 Å². The number of allylic oxidation sites excluding steroid dienone is 1. The maximum atomic E-state index is 10.0. The smallest absolute Gasteiger partial charge is 0.137 e. The number of benzene rings is 2. The maximum Gasteiger partial charge on any atom is 0.137 e. The Morgan fingerprint density at radius 2 is 1.85 bits per heavy atom. The molecule has 0 saturated carbocycles. The van der Waals surface area contributed by atoms with Crippen LogP contribution in [0.2, 0.25) is 5.02 Å². The van der Waals surface area contributed by atoms with E-state index in [1.165, 1.54) is 0 Å². The molecule has 100 valence electrons. The van der Waals surface area contributed by atoms with E-state index in [9.17, 15) is 10.4 Å². The van der Waals surface area contributed by atoms with E-state index < -0.39 is 0 Å². The Morgan fingerprint density at radius 1 is 1.20 bits per heavy atom. The quantitative estimate of drug-likeness (QED) is 0.512. The SMILES string of the molecule is N#C/C(=C/c1cc(Br)cc(Br)c1O)c1ccc(Cl)cc1. The van der Waals surface area contributed by atoms with E-state index in [0.29, 0.717) is 20.6 Å². The molecule has 0 amide bonds. The van der Waals surface area contributed by atoms with Crippen LogP contribution in [-0.4, -0.2) is 5.11 Å². The average Bonchev–Trinajstić information content (AvgIpc) is 2.42. The zero-order valence-corrected chi connectivity index (χ0v) is 14.0. The van der Waals surface area contributed by atoms with Crippen LogP contribution in [0.25, 0.3) is 11.6 Å². The van der Waals surface area contributed by atoms with Gasteiger partial charge in [0.15, 0.2) is 0 Å². The molecule has 2 nitrogen and oxygen atoms in total. The van der Waals surface area contributed by atoms with Crippen molar-refractivity contribution in [3.05, 3.63) is 61.5 Å². The highest BCUT2D eigenvalue weighted by Gasteiger charge is 2.08. The summed E-state index contributed by atoms with van der Waals surface area (Å²) in [5.41, 5.74) is 1.74. The molecule has 0 spiro atoms. The first kappa shape index (κ1) is 15.1. The fourth-order valence-corrected chi connectivity index (χ4v) is 3.05. The summed E-state index contributed by atoms with van der Waals surface area (Å²) < 4.78 is 1.37. The Kier molecular flexibility index (Phi) is 4.87. The normalized spacial score (nSPS) is 11.2. The van der Waals surface area contributed by atoms with Crippen molar-refractivity contribution in [1.29, 1.82) is 5.26 Å². The third-order valence-electron chi connectivity index (χ3n) is 2.63. The van der Waals surface area contributed by atoms with Crippen LogP contribution < -0.4 is 0 Å². The lowest BCUT2D eigenvalue weighted by Crippen LogP contribution is -1.84. The third kappa shape index (κ3) is 3.43. The second-order valence-electron chi connectivity index (χ2n) is 4.00. The first-order chi connectivity index (χ1) is 9.51. The van der Waals surface area contributed by atoms with Crippen molar-refractivity contribution in [3.63, 3.8) is 0 Å². The summed E-state index contributed by atoms with van der Waals surface area (Å²) in [5.74, 6) is 0.0925. The van der Waals surface area contributed by atoms with E-state index in [4.69, 9.17) is 11.6 Å². The molecule has 0 atom stereocenters. The number of nitriles is 1. The molecule has 0 aromatic heterocycles. The molecular weight excluding hydrogens is 405 g/mol. The summed E-state index contributed by atoms with van der Waals surface area (Å²) in [6.45, 7) is 0. The van der Waals surface area contributed by atoms with Gasteiger partial charge in [-0.25, -0.2) is 0 Å². The Bertz CT molecular complexity index is 718. The van der Waals surface area contributed by atoms with E-state index >= 15 is 0 Å². The highest BCUT2D eigenvalue weighted by atomic mass is 79.9. The van der Waals surface area contributed by atoms with Crippen molar-refractivity contribution in [2.24, 2.45) is 0 Å². The topological polar surface area (TPSA) is 44.0 Å². The number of nitrogens with zero attached hydrogens (tertiary/aromatic N) is 1. The van der Waals surface area contributed by atoms with E-state index in [-0.39, 0.29) is 5.75 Å². The van der Waals surface area contributed by atoms with Crippen LogP contribution in [0.5, 0.6) is 5.75 Å². The van der Waals surface area contributed by atoms with Gasteiger partial charge in [-0.3, -0.25) is 0 Å². The summed E-state index contributed by atoms with van der Waals surface area (Å²) in [7, 11) is 0. The lowest BCUT2D eigenvalue weighted by Gasteiger charge is -2.05. The molecule has 0 aliphatic rings. The monoisotopic (exact) mass is 411 g/mol.